The minimum atomic E-state index is -0.754. The van der Waals surface area contributed by atoms with Gasteiger partial charge in [-0.05, 0) is 37.6 Å². The van der Waals surface area contributed by atoms with Crippen LogP contribution in [0.15, 0.2) is 18.2 Å². The zero-order valence-corrected chi connectivity index (χ0v) is 11.1. The maximum Gasteiger partial charge on any atom is 0.307 e. The molecule has 1 aliphatic heterocycles. The number of rotatable bonds is 4. The Morgan fingerprint density at radius 1 is 1.58 bits per heavy atom. The smallest absolute Gasteiger partial charge is 0.307 e. The topological polar surface area (TPSA) is 49.8 Å². The summed E-state index contributed by atoms with van der Waals surface area (Å²) in [6.45, 7) is 3.21. The zero-order chi connectivity index (χ0) is 14.0. The fourth-order valence-electron chi connectivity index (χ4n) is 2.49. The van der Waals surface area contributed by atoms with Crippen molar-refractivity contribution in [3.05, 3.63) is 29.6 Å². The third-order valence-corrected chi connectivity index (χ3v) is 3.77. The van der Waals surface area contributed by atoms with Crippen LogP contribution in [0.2, 0.25) is 0 Å². The van der Waals surface area contributed by atoms with Crippen LogP contribution in [0, 0.1) is 11.7 Å². The lowest BCUT2D eigenvalue weighted by Crippen LogP contribution is -2.26. The average molecular weight is 267 g/mol. The predicted molar refractivity (Wildman–Crippen MR) is 68.7 cm³/mol. The van der Waals surface area contributed by atoms with Crippen molar-refractivity contribution >= 4 is 5.97 Å². The summed E-state index contributed by atoms with van der Waals surface area (Å²) in [5, 5.41) is 8.99. The average Bonchev–Trinajstić information content (AvgIpc) is 2.87. The fraction of sp³-hybridized carbons (Fsp3) is 0.500. The normalized spacial score (nSPS) is 21.3. The number of likely N-dealkylation sites (tertiary alicyclic amines) is 1. The number of benzene rings is 1. The number of ether oxygens (including phenoxy) is 1. The predicted octanol–water partition coefficient (Wildman–Crippen LogP) is 2.30. The van der Waals surface area contributed by atoms with Crippen molar-refractivity contribution in [3.63, 3.8) is 0 Å². The van der Waals surface area contributed by atoms with Crippen LogP contribution in [-0.4, -0.2) is 36.2 Å². The van der Waals surface area contributed by atoms with Gasteiger partial charge in [0.15, 0.2) is 11.6 Å². The first-order valence-corrected chi connectivity index (χ1v) is 6.33. The van der Waals surface area contributed by atoms with Gasteiger partial charge in [0.05, 0.1) is 13.0 Å². The molecule has 1 fully saturated rings. The van der Waals surface area contributed by atoms with Crippen molar-refractivity contribution < 1.29 is 19.0 Å². The molecule has 19 heavy (non-hydrogen) atoms. The van der Waals surface area contributed by atoms with E-state index in [2.05, 4.69) is 4.90 Å². The Balaban J connectivity index is 2.10. The first-order chi connectivity index (χ1) is 9.02. The Morgan fingerprint density at radius 2 is 2.32 bits per heavy atom. The highest BCUT2D eigenvalue weighted by atomic mass is 19.1. The van der Waals surface area contributed by atoms with Crippen LogP contribution in [0.1, 0.15) is 24.9 Å². The number of carbonyl (C=O) groups is 1. The van der Waals surface area contributed by atoms with E-state index in [1.54, 1.807) is 6.07 Å². The largest absolute Gasteiger partial charge is 0.494 e. The second kappa shape index (κ2) is 5.57. The highest BCUT2D eigenvalue weighted by Gasteiger charge is 2.31. The molecular formula is C14H18FNO3. The lowest BCUT2D eigenvalue weighted by Gasteiger charge is -2.24. The van der Waals surface area contributed by atoms with E-state index in [-0.39, 0.29) is 23.5 Å². The van der Waals surface area contributed by atoms with Crippen LogP contribution in [0.3, 0.4) is 0 Å². The Morgan fingerprint density at radius 3 is 2.84 bits per heavy atom. The summed E-state index contributed by atoms with van der Waals surface area (Å²) in [5.74, 6) is -1.23. The number of hydrogen-bond acceptors (Lipinski definition) is 3. The molecule has 1 aliphatic rings. The van der Waals surface area contributed by atoms with Crippen molar-refractivity contribution in [2.75, 3.05) is 20.2 Å². The summed E-state index contributed by atoms with van der Waals surface area (Å²) >= 11 is 0. The molecule has 0 saturated carbocycles. The molecule has 0 amide bonds. The van der Waals surface area contributed by atoms with Gasteiger partial charge in [-0.25, -0.2) is 4.39 Å². The second-order valence-electron chi connectivity index (χ2n) is 4.89. The summed E-state index contributed by atoms with van der Waals surface area (Å²) < 4.78 is 18.6. The van der Waals surface area contributed by atoms with Crippen LogP contribution >= 0.6 is 0 Å². The second-order valence-corrected chi connectivity index (χ2v) is 4.89. The van der Waals surface area contributed by atoms with Gasteiger partial charge < -0.3 is 9.84 Å². The molecule has 2 unspecified atom stereocenters. The molecule has 0 spiro atoms. The number of methoxy groups -OCH3 is 1. The van der Waals surface area contributed by atoms with Gasteiger partial charge >= 0.3 is 5.97 Å². The molecule has 1 N–H and O–H groups in total. The van der Waals surface area contributed by atoms with Crippen LogP contribution in [0.25, 0.3) is 0 Å². The van der Waals surface area contributed by atoms with E-state index in [9.17, 15) is 9.18 Å². The third kappa shape index (κ3) is 2.87. The van der Waals surface area contributed by atoms with Crippen molar-refractivity contribution in [2.24, 2.45) is 5.92 Å². The molecule has 0 radical (unpaired) electrons. The van der Waals surface area contributed by atoms with E-state index < -0.39 is 5.97 Å². The Hall–Kier alpha value is -1.62. The molecule has 0 aliphatic carbocycles. The number of nitrogens with zero attached hydrogens (tertiary/aromatic N) is 1. The first-order valence-electron chi connectivity index (χ1n) is 6.33. The minimum absolute atomic E-state index is 0.00440. The molecule has 1 heterocycles. The Bertz CT molecular complexity index is 478. The van der Waals surface area contributed by atoms with Gasteiger partial charge in [-0.1, -0.05) is 6.07 Å². The lowest BCUT2D eigenvalue weighted by atomic mass is 10.1. The van der Waals surface area contributed by atoms with E-state index in [4.69, 9.17) is 9.84 Å². The van der Waals surface area contributed by atoms with E-state index in [1.165, 1.54) is 13.2 Å². The van der Waals surface area contributed by atoms with Gasteiger partial charge in [0.25, 0.3) is 0 Å². The zero-order valence-electron chi connectivity index (χ0n) is 11.1. The van der Waals surface area contributed by atoms with E-state index in [0.717, 1.165) is 12.1 Å². The van der Waals surface area contributed by atoms with E-state index in [1.807, 2.05) is 13.0 Å². The van der Waals surface area contributed by atoms with Crippen LogP contribution < -0.4 is 4.74 Å². The number of hydrogen-bond donors (Lipinski definition) is 1. The molecule has 0 bridgehead atoms. The molecule has 104 valence electrons. The monoisotopic (exact) mass is 267 g/mol. The molecule has 5 heteroatoms. The standard InChI is InChI=1S/C14H18FNO3/c1-9(16-6-5-11(8-16)14(17)18)10-3-4-13(19-2)12(15)7-10/h3-4,7,9,11H,5-6,8H2,1-2H3,(H,17,18). The summed E-state index contributed by atoms with van der Waals surface area (Å²) in [6.07, 6.45) is 0.651. The summed E-state index contributed by atoms with van der Waals surface area (Å²) in [6, 6.07) is 4.88. The van der Waals surface area contributed by atoms with Crippen molar-refractivity contribution in [1.29, 1.82) is 0 Å². The fourth-order valence-corrected chi connectivity index (χ4v) is 2.49. The molecular weight excluding hydrogens is 249 g/mol. The molecule has 4 nitrogen and oxygen atoms in total. The van der Waals surface area contributed by atoms with Crippen molar-refractivity contribution in [3.8, 4) is 5.75 Å². The van der Waals surface area contributed by atoms with Gasteiger partial charge in [-0.15, -0.1) is 0 Å². The molecule has 1 saturated heterocycles. The quantitative estimate of drug-likeness (QED) is 0.909. The highest BCUT2D eigenvalue weighted by Crippen LogP contribution is 2.29. The summed E-state index contributed by atoms with van der Waals surface area (Å²) in [5.41, 5.74) is 0.837. The van der Waals surface area contributed by atoms with Gasteiger partial charge in [-0.3, -0.25) is 9.69 Å². The Kier molecular flexibility index (Phi) is 4.04. The third-order valence-electron chi connectivity index (χ3n) is 3.77. The number of aliphatic carboxylic acids is 1. The molecule has 2 atom stereocenters. The SMILES string of the molecule is COc1ccc(C(C)N2CCC(C(=O)O)C2)cc1F. The van der Waals surface area contributed by atoms with Crippen LogP contribution in [0.5, 0.6) is 5.75 Å². The number of carboxylic acids is 1. The molecule has 1 aromatic rings. The van der Waals surface area contributed by atoms with Gasteiger partial charge in [0.2, 0.25) is 0 Å². The molecule has 1 aromatic carbocycles. The minimum Gasteiger partial charge on any atom is -0.494 e. The van der Waals surface area contributed by atoms with Crippen molar-refractivity contribution in [2.45, 2.75) is 19.4 Å². The van der Waals surface area contributed by atoms with E-state index >= 15 is 0 Å². The maximum absolute atomic E-state index is 13.7. The van der Waals surface area contributed by atoms with Gasteiger partial charge in [-0.2, -0.15) is 0 Å². The summed E-state index contributed by atoms with van der Waals surface area (Å²) in [7, 11) is 1.43. The maximum atomic E-state index is 13.7. The lowest BCUT2D eigenvalue weighted by molar-refractivity contribution is -0.141. The van der Waals surface area contributed by atoms with Gasteiger partial charge in [0.1, 0.15) is 0 Å². The molecule has 2 rings (SSSR count). The van der Waals surface area contributed by atoms with Crippen LogP contribution in [0.4, 0.5) is 4.39 Å². The number of halogens is 1. The first kappa shape index (κ1) is 13.8. The summed E-state index contributed by atoms with van der Waals surface area (Å²) in [4.78, 5) is 13.0. The van der Waals surface area contributed by atoms with E-state index in [0.29, 0.717) is 13.0 Å². The van der Waals surface area contributed by atoms with Gasteiger partial charge in [0, 0.05) is 12.6 Å². The highest BCUT2D eigenvalue weighted by molar-refractivity contribution is 5.70. The number of carboxylic acid groups (broad SMARTS) is 1. The Labute approximate surface area is 111 Å². The molecule has 0 aromatic heterocycles. The van der Waals surface area contributed by atoms with Crippen molar-refractivity contribution in [1.82, 2.24) is 4.90 Å². The van der Waals surface area contributed by atoms with Crippen LogP contribution in [-0.2, 0) is 4.79 Å².